The van der Waals surface area contributed by atoms with Crippen molar-refractivity contribution in [2.75, 3.05) is 12.3 Å². The van der Waals surface area contributed by atoms with Gasteiger partial charge in [-0.15, -0.1) is 0 Å². The molecule has 0 aliphatic carbocycles. The third-order valence-electron chi connectivity index (χ3n) is 3.47. The zero-order chi connectivity index (χ0) is 16.3. The molecule has 0 spiro atoms. The summed E-state index contributed by atoms with van der Waals surface area (Å²) in [5, 5.41) is 0.580. The first-order valence-electron chi connectivity index (χ1n) is 7.57. The Hall–Kier alpha value is -1.43. The van der Waals surface area contributed by atoms with Gasteiger partial charge < -0.3 is 9.64 Å². The summed E-state index contributed by atoms with van der Waals surface area (Å²) in [6.45, 7) is 8.17. The van der Waals surface area contributed by atoms with Crippen LogP contribution in [-0.4, -0.2) is 44.1 Å². The molecule has 2 heterocycles. The minimum absolute atomic E-state index is 0.0435. The first kappa shape index (κ1) is 16.9. The maximum Gasteiger partial charge on any atom is 0.410 e. The van der Waals surface area contributed by atoms with Gasteiger partial charge in [-0.3, -0.25) is 4.21 Å². The Balaban J connectivity index is 2.02. The van der Waals surface area contributed by atoms with Gasteiger partial charge in [-0.05, 0) is 58.2 Å². The number of nitrogens with zero attached hydrogens (tertiary/aromatic N) is 2. The highest BCUT2D eigenvalue weighted by Crippen LogP contribution is 2.22. The first-order valence-corrected chi connectivity index (χ1v) is 8.89. The van der Waals surface area contributed by atoms with Crippen molar-refractivity contribution >= 4 is 16.9 Å². The van der Waals surface area contributed by atoms with Crippen molar-refractivity contribution in [1.29, 1.82) is 0 Å². The maximum absolute atomic E-state index is 12.5. The summed E-state index contributed by atoms with van der Waals surface area (Å²) in [4.78, 5) is 18.1. The van der Waals surface area contributed by atoms with E-state index in [1.165, 1.54) is 0 Å². The number of aromatic nitrogens is 1. The summed E-state index contributed by atoms with van der Waals surface area (Å²) < 4.78 is 17.9. The van der Waals surface area contributed by atoms with Gasteiger partial charge in [0.1, 0.15) is 10.6 Å². The van der Waals surface area contributed by atoms with Crippen molar-refractivity contribution in [3.05, 3.63) is 23.9 Å². The summed E-state index contributed by atoms with van der Waals surface area (Å²) in [5.74, 6) is 0.412. The number of carbonyl (C=O) groups excluding carboxylic acids is 1. The second kappa shape index (κ2) is 6.77. The van der Waals surface area contributed by atoms with Gasteiger partial charge in [0.25, 0.3) is 0 Å². The van der Waals surface area contributed by atoms with E-state index in [2.05, 4.69) is 4.98 Å². The Morgan fingerprint density at radius 3 is 2.86 bits per heavy atom. The maximum atomic E-state index is 12.5. The molecule has 1 fully saturated rings. The predicted molar refractivity (Wildman–Crippen MR) is 86.2 cm³/mol. The van der Waals surface area contributed by atoms with E-state index in [-0.39, 0.29) is 12.1 Å². The molecule has 0 aromatic carbocycles. The molecule has 1 aromatic rings. The lowest BCUT2D eigenvalue weighted by Crippen LogP contribution is -2.42. The lowest BCUT2D eigenvalue weighted by molar-refractivity contribution is 0.0241. The molecule has 0 unspecified atom stereocenters. The molecule has 6 heteroatoms. The van der Waals surface area contributed by atoms with Crippen LogP contribution in [0, 0.1) is 6.92 Å². The fraction of sp³-hybridized carbons (Fsp3) is 0.625. The fourth-order valence-electron chi connectivity index (χ4n) is 2.46. The van der Waals surface area contributed by atoms with Crippen LogP contribution in [-0.2, 0) is 15.5 Å². The number of hydrogen-bond acceptors (Lipinski definition) is 4. The van der Waals surface area contributed by atoms with E-state index in [1.807, 2.05) is 39.8 Å². The molecular weight excluding hydrogens is 300 g/mol. The quantitative estimate of drug-likeness (QED) is 0.858. The molecule has 5 nitrogen and oxygen atoms in total. The molecule has 1 saturated heterocycles. The second-order valence-corrected chi connectivity index (χ2v) is 8.10. The second-order valence-electron chi connectivity index (χ2n) is 6.65. The third-order valence-corrected chi connectivity index (χ3v) is 4.85. The number of carbonyl (C=O) groups is 1. The van der Waals surface area contributed by atoms with Crippen molar-refractivity contribution in [2.24, 2.45) is 0 Å². The molecule has 0 bridgehead atoms. The van der Waals surface area contributed by atoms with E-state index >= 15 is 0 Å². The van der Waals surface area contributed by atoms with Crippen molar-refractivity contribution in [3.63, 3.8) is 0 Å². The third kappa shape index (κ3) is 4.53. The van der Waals surface area contributed by atoms with E-state index in [0.717, 1.165) is 18.4 Å². The van der Waals surface area contributed by atoms with Crippen molar-refractivity contribution in [1.82, 2.24) is 9.88 Å². The van der Waals surface area contributed by atoms with Crippen LogP contribution in [0.25, 0.3) is 0 Å². The van der Waals surface area contributed by atoms with Crippen molar-refractivity contribution in [2.45, 2.75) is 57.2 Å². The van der Waals surface area contributed by atoms with E-state index in [0.29, 0.717) is 17.3 Å². The average Bonchev–Trinajstić information content (AvgIpc) is 2.85. The number of amides is 1. The van der Waals surface area contributed by atoms with Crippen LogP contribution < -0.4 is 0 Å². The Morgan fingerprint density at radius 1 is 1.50 bits per heavy atom. The van der Waals surface area contributed by atoms with Crippen molar-refractivity contribution < 1.29 is 13.7 Å². The molecular formula is C16H24N2O3S. The zero-order valence-corrected chi connectivity index (χ0v) is 14.5. The molecule has 0 radical (unpaired) electrons. The standard InChI is InChI=1S/C16H24N2O3S/c1-12-7-8-17-14(10-12)22(20)11-13-6-5-9-18(13)15(19)21-16(2,3)4/h7-8,10,13H,5-6,9,11H2,1-4H3/t13-,22+/m0/s1. The zero-order valence-electron chi connectivity index (χ0n) is 13.7. The average molecular weight is 324 g/mol. The molecule has 2 atom stereocenters. The number of aryl methyl sites for hydroxylation is 1. The predicted octanol–water partition coefficient (Wildman–Crippen LogP) is 2.90. The number of ether oxygens (including phenoxy) is 1. The highest BCUT2D eigenvalue weighted by atomic mass is 32.2. The van der Waals surface area contributed by atoms with Crippen LogP contribution in [0.4, 0.5) is 4.79 Å². The minimum Gasteiger partial charge on any atom is -0.444 e. The first-order chi connectivity index (χ1) is 10.3. The molecule has 0 N–H and O–H groups in total. The Labute approximate surface area is 134 Å². The number of hydrogen-bond donors (Lipinski definition) is 0. The summed E-state index contributed by atoms with van der Waals surface area (Å²) in [5.41, 5.74) is 0.523. The van der Waals surface area contributed by atoms with Gasteiger partial charge in [0, 0.05) is 18.8 Å². The summed E-state index contributed by atoms with van der Waals surface area (Å²) in [7, 11) is -1.20. The van der Waals surface area contributed by atoms with Gasteiger partial charge in [0.15, 0.2) is 0 Å². The molecule has 1 aliphatic rings. The molecule has 1 amide bonds. The monoisotopic (exact) mass is 324 g/mol. The van der Waals surface area contributed by atoms with Gasteiger partial charge in [-0.1, -0.05) is 0 Å². The van der Waals surface area contributed by atoms with E-state index < -0.39 is 16.4 Å². The highest BCUT2D eigenvalue weighted by Gasteiger charge is 2.33. The lowest BCUT2D eigenvalue weighted by Gasteiger charge is -2.28. The Kier molecular flexibility index (Phi) is 5.21. The Morgan fingerprint density at radius 2 is 2.23 bits per heavy atom. The van der Waals surface area contributed by atoms with Crippen LogP contribution in [0.3, 0.4) is 0 Å². The molecule has 0 saturated carbocycles. The molecule has 1 aliphatic heterocycles. The topological polar surface area (TPSA) is 59.5 Å². The normalized spacial score (nSPS) is 20.0. The van der Waals surface area contributed by atoms with Gasteiger partial charge in [0.05, 0.1) is 16.6 Å². The van der Waals surface area contributed by atoms with Crippen LogP contribution in [0.1, 0.15) is 39.2 Å². The van der Waals surface area contributed by atoms with Crippen LogP contribution in [0.2, 0.25) is 0 Å². The lowest BCUT2D eigenvalue weighted by atomic mass is 10.2. The number of likely N-dealkylation sites (tertiary alicyclic amines) is 1. The summed E-state index contributed by atoms with van der Waals surface area (Å²) in [6, 6.07) is 3.67. The van der Waals surface area contributed by atoms with Gasteiger partial charge in [-0.25, -0.2) is 9.78 Å². The summed E-state index contributed by atoms with van der Waals surface area (Å²) in [6.07, 6.45) is 3.13. The molecule has 122 valence electrons. The Bertz CT molecular complexity index is 569. The van der Waals surface area contributed by atoms with Gasteiger partial charge in [0.2, 0.25) is 0 Å². The fourth-order valence-corrected chi connectivity index (χ4v) is 3.83. The largest absolute Gasteiger partial charge is 0.444 e. The van der Waals surface area contributed by atoms with E-state index in [4.69, 9.17) is 4.74 Å². The number of pyridine rings is 1. The smallest absolute Gasteiger partial charge is 0.410 e. The van der Waals surface area contributed by atoms with E-state index in [9.17, 15) is 9.00 Å². The minimum atomic E-state index is -1.20. The number of rotatable bonds is 3. The van der Waals surface area contributed by atoms with Crippen LogP contribution >= 0.6 is 0 Å². The highest BCUT2D eigenvalue weighted by molar-refractivity contribution is 7.85. The van der Waals surface area contributed by atoms with Gasteiger partial charge >= 0.3 is 6.09 Å². The van der Waals surface area contributed by atoms with Crippen LogP contribution in [0.15, 0.2) is 23.4 Å². The molecule has 2 rings (SSSR count). The molecule has 1 aromatic heterocycles. The van der Waals surface area contributed by atoms with Crippen molar-refractivity contribution in [3.8, 4) is 0 Å². The SMILES string of the molecule is Cc1ccnc([S@](=O)C[C@@H]2CCCN2C(=O)OC(C)(C)C)c1. The van der Waals surface area contributed by atoms with Crippen LogP contribution in [0.5, 0.6) is 0 Å². The van der Waals surface area contributed by atoms with E-state index in [1.54, 1.807) is 11.1 Å². The summed E-state index contributed by atoms with van der Waals surface area (Å²) >= 11 is 0. The van der Waals surface area contributed by atoms with Gasteiger partial charge in [-0.2, -0.15) is 0 Å². The molecule has 22 heavy (non-hydrogen) atoms.